The van der Waals surface area contributed by atoms with E-state index in [2.05, 4.69) is 13.8 Å². The molecule has 0 heterocycles. The third kappa shape index (κ3) is 5.00. The maximum absolute atomic E-state index is 11.8. The van der Waals surface area contributed by atoms with Crippen LogP contribution in [-0.4, -0.2) is 26.8 Å². The van der Waals surface area contributed by atoms with Crippen molar-refractivity contribution in [3.63, 3.8) is 0 Å². The molecule has 0 saturated carbocycles. The van der Waals surface area contributed by atoms with Crippen molar-refractivity contribution >= 4 is 34.3 Å². The quantitative estimate of drug-likeness (QED) is 0.850. The van der Waals surface area contributed by atoms with Gasteiger partial charge >= 0.3 is 10.3 Å². The van der Waals surface area contributed by atoms with Crippen LogP contribution in [0.2, 0.25) is 5.02 Å². The van der Waals surface area contributed by atoms with Crippen LogP contribution < -0.4 is 9.92 Å². The van der Waals surface area contributed by atoms with Gasteiger partial charge in [0.05, 0.1) is 5.02 Å². The molecule has 8 heteroatoms. The molecule has 0 radical (unpaired) electrons. The lowest BCUT2D eigenvalue weighted by Crippen LogP contribution is -2.27. The van der Waals surface area contributed by atoms with Crippen molar-refractivity contribution in [1.29, 1.82) is 0 Å². The van der Waals surface area contributed by atoms with Gasteiger partial charge in [0.25, 0.3) is 0 Å². The molecule has 0 aliphatic heterocycles. The Morgan fingerprint density at radius 3 is 2.38 bits per heavy atom. The molecule has 0 aromatic heterocycles. The summed E-state index contributed by atoms with van der Waals surface area (Å²) in [6.45, 7) is 4.30. The summed E-state index contributed by atoms with van der Waals surface area (Å²) < 4.78 is 29.6. The first-order valence-electron chi connectivity index (χ1n) is 6.37. The summed E-state index contributed by atoms with van der Waals surface area (Å²) in [6, 6.07) is 3.58. The van der Waals surface area contributed by atoms with E-state index < -0.39 is 10.3 Å². The Labute approximate surface area is 138 Å². The summed E-state index contributed by atoms with van der Waals surface area (Å²) in [5.74, 6) is 0.423. The minimum Gasteiger partial charge on any atom is -0.369 e. The highest BCUT2D eigenvalue weighted by molar-refractivity contribution is 7.84. The van der Waals surface area contributed by atoms with Crippen molar-refractivity contribution in [3.8, 4) is 5.75 Å². The highest BCUT2D eigenvalue weighted by Crippen LogP contribution is 2.34. The van der Waals surface area contributed by atoms with E-state index in [9.17, 15) is 8.42 Å². The summed E-state index contributed by atoms with van der Waals surface area (Å²) >= 11 is 6.16. The molecule has 0 aliphatic carbocycles. The average molecular weight is 357 g/mol. The van der Waals surface area contributed by atoms with Gasteiger partial charge in [0.1, 0.15) is 0 Å². The Balaban J connectivity index is 0.00000400. The third-order valence-corrected chi connectivity index (χ3v) is 4.73. The second-order valence-electron chi connectivity index (χ2n) is 4.83. The zero-order valence-electron chi connectivity index (χ0n) is 12.6. The standard InChI is InChI=1S/C13H21ClN2O3S.ClH/c1-5-9(2)10-6-11(8-15)13(12(14)7-10)19-20(17,18)16(3)4;/h6-7,9H,5,8,15H2,1-4H3;1H. The van der Waals surface area contributed by atoms with Gasteiger partial charge in [0, 0.05) is 26.2 Å². The SMILES string of the molecule is CCC(C)c1cc(Cl)c(OS(=O)(=O)N(C)C)c(CN)c1.Cl. The first-order chi connectivity index (χ1) is 9.22. The average Bonchev–Trinajstić information content (AvgIpc) is 2.39. The Hall–Kier alpha value is -0.530. The van der Waals surface area contributed by atoms with E-state index in [0.717, 1.165) is 16.3 Å². The Morgan fingerprint density at radius 2 is 1.95 bits per heavy atom. The largest absolute Gasteiger partial charge is 0.384 e. The molecule has 1 rings (SSSR count). The predicted octanol–water partition coefficient (Wildman–Crippen LogP) is 2.92. The molecule has 1 unspecified atom stereocenters. The molecule has 0 saturated heterocycles. The molecule has 0 bridgehead atoms. The summed E-state index contributed by atoms with van der Waals surface area (Å²) in [4.78, 5) is 0. The number of halogens is 2. The fourth-order valence-electron chi connectivity index (χ4n) is 1.62. The lowest BCUT2D eigenvalue weighted by atomic mass is 9.96. The van der Waals surface area contributed by atoms with Crippen LogP contribution in [0.3, 0.4) is 0 Å². The Kier molecular flexibility index (Phi) is 7.99. The van der Waals surface area contributed by atoms with Gasteiger partial charge in [-0.25, -0.2) is 0 Å². The second-order valence-corrected chi connectivity index (χ2v) is 6.99. The van der Waals surface area contributed by atoms with Crippen LogP contribution in [0.5, 0.6) is 5.75 Å². The van der Waals surface area contributed by atoms with Gasteiger partial charge in [0.2, 0.25) is 0 Å². The Bertz CT molecular complexity index is 577. The van der Waals surface area contributed by atoms with Gasteiger partial charge in [-0.3, -0.25) is 0 Å². The number of nitrogens with zero attached hydrogens (tertiary/aromatic N) is 1. The lowest BCUT2D eigenvalue weighted by molar-refractivity contribution is 0.419. The monoisotopic (exact) mass is 356 g/mol. The molecule has 1 aromatic rings. The molecule has 0 fully saturated rings. The van der Waals surface area contributed by atoms with Crippen LogP contribution in [0.1, 0.15) is 37.3 Å². The molecule has 0 aliphatic rings. The first-order valence-corrected chi connectivity index (χ1v) is 8.11. The normalized spacial score (nSPS) is 12.9. The van der Waals surface area contributed by atoms with Gasteiger partial charge in [-0.05, 0) is 24.0 Å². The molecule has 0 amide bonds. The van der Waals surface area contributed by atoms with Crippen molar-refractivity contribution in [2.75, 3.05) is 14.1 Å². The van der Waals surface area contributed by atoms with Gasteiger partial charge in [-0.2, -0.15) is 12.7 Å². The number of hydrogen-bond acceptors (Lipinski definition) is 4. The lowest BCUT2D eigenvalue weighted by Gasteiger charge is -2.18. The summed E-state index contributed by atoms with van der Waals surface area (Å²) in [7, 11) is -1.08. The van der Waals surface area contributed by atoms with Gasteiger partial charge < -0.3 is 9.92 Å². The van der Waals surface area contributed by atoms with Crippen molar-refractivity contribution in [1.82, 2.24) is 4.31 Å². The number of rotatable bonds is 6. The molecule has 21 heavy (non-hydrogen) atoms. The van der Waals surface area contributed by atoms with Crippen molar-refractivity contribution in [2.24, 2.45) is 5.73 Å². The van der Waals surface area contributed by atoms with Crippen LogP contribution in [0.15, 0.2) is 12.1 Å². The van der Waals surface area contributed by atoms with Crippen LogP contribution in [0.25, 0.3) is 0 Å². The van der Waals surface area contributed by atoms with Crippen molar-refractivity contribution in [3.05, 3.63) is 28.3 Å². The fourth-order valence-corrected chi connectivity index (χ4v) is 2.51. The van der Waals surface area contributed by atoms with E-state index in [-0.39, 0.29) is 29.7 Å². The van der Waals surface area contributed by atoms with Crippen LogP contribution in [-0.2, 0) is 16.8 Å². The number of hydrogen-bond donors (Lipinski definition) is 1. The summed E-state index contributed by atoms with van der Waals surface area (Å²) in [5, 5.41) is 0.258. The highest BCUT2D eigenvalue weighted by atomic mass is 35.5. The maximum atomic E-state index is 11.8. The van der Waals surface area contributed by atoms with E-state index in [4.69, 9.17) is 21.5 Å². The van der Waals surface area contributed by atoms with E-state index in [1.807, 2.05) is 6.07 Å². The molecule has 5 nitrogen and oxygen atoms in total. The van der Waals surface area contributed by atoms with E-state index >= 15 is 0 Å². The fraction of sp³-hybridized carbons (Fsp3) is 0.538. The van der Waals surface area contributed by atoms with Gasteiger partial charge in [-0.1, -0.05) is 31.5 Å². The van der Waals surface area contributed by atoms with Gasteiger partial charge in [-0.15, -0.1) is 12.4 Å². The number of nitrogens with two attached hydrogens (primary N) is 1. The topological polar surface area (TPSA) is 72.6 Å². The zero-order chi connectivity index (χ0) is 15.5. The van der Waals surface area contributed by atoms with Crippen LogP contribution >= 0.6 is 24.0 Å². The minimum atomic E-state index is -3.85. The summed E-state index contributed by atoms with van der Waals surface area (Å²) in [5.41, 5.74) is 7.28. The molecule has 2 N–H and O–H groups in total. The van der Waals surface area contributed by atoms with E-state index in [0.29, 0.717) is 11.5 Å². The molecule has 0 spiro atoms. The van der Waals surface area contributed by atoms with Gasteiger partial charge in [0.15, 0.2) is 5.75 Å². The first kappa shape index (κ1) is 20.5. The van der Waals surface area contributed by atoms with E-state index in [1.165, 1.54) is 14.1 Å². The molecular formula is C13H22Cl2N2O3S. The van der Waals surface area contributed by atoms with Crippen molar-refractivity contribution < 1.29 is 12.6 Å². The second kappa shape index (κ2) is 8.19. The zero-order valence-corrected chi connectivity index (χ0v) is 15.0. The molecular weight excluding hydrogens is 335 g/mol. The summed E-state index contributed by atoms with van der Waals surface area (Å²) in [6.07, 6.45) is 0.955. The third-order valence-electron chi connectivity index (χ3n) is 3.18. The Morgan fingerprint density at radius 1 is 1.38 bits per heavy atom. The molecule has 122 valence electrons. The predicted molar refractivity (Wildman–Crippen MR) is 88.5 cm³/mol. The van der Waals surface area contributed by atoms with Crippen LogP contribution in [0, 0.1) is 0 Å². The highest BCUT2D eigenvalue weighted by Gasteiger charge is 2.21. The number of benzene rings is 1. The van der Waals surface area contributed by atoms with E-state index in [1.54, 1.807) is 6.07 Å². The van der Waals surface area contributed by atoms with Crippen LogP contribution in [0.4, 0.5) is 0 Å². The maximum Gasteiger partial charge on any atom is 0.384 e. The van der Waals surface area contributed by atoms with Crippen molar-refractivity contribution in [2.45, 2.75) is 32.7 Å². The smallest absolute Gasteiger partial charge is 0.369 e. The molecule has 1 atom stereocenters. The minimum absolute atomic E-state index is 0. The molecule has 1 aromatic carbocycles.